The van der Waals surface area contributed by atoms with Crippen LogP contribution in [0.3, 0.4) is 0 Å². The fraction of sp³-hybridized carbons (Fsp3) is 0.542. The van der Waals surface area contributed by atoms with E-state index in [2.05, 4.69) is 58.9 Å². The molecule has 1 aliphatic carbocycles. The van der Waals surface area contributed by atoms with Crippen molar-refractivity contribution in [1.29, 1.82) is 0 Å². The predicted octanol–water partition coefficient (Wildman–Crippen LogP) is 5.43. The summed E-state index contributed by atoms with van der Waals surface area (Å²) in [4.78, 5) is 13.4. The van der Waals surface area contributed by atoms with Gasteiger partial charge in [-0.25, -0.2) is 4.99 Å². The molecule has 5 heteroatoms. The molecular weight excluding hydrogens is 376 g/mol. The summed E-state index contributed by atoms with van der Waals surface area (Å²) in [6, 6.07) is 4.54. The van der Waals surface area contributed by atoms with Gasteiger partial charge in [0.25, 0.3) is 0 Å². The molecule has 2 saturated heterocycles. The zero-order valence-corrected chi connectivity index (χ0v) is 18.8. The van der Waals surface area contributed by atoms with Crippen LogP contribution in [0.25, 0.3) is 0 Å². The van der Waals surface area contributed by atoms with E-state index in [9.17, 15) is 0 Å². The lowest BCUT2D eigenvalue weighted by Crippen LogP contribution is -2.23. The minimum Gasteiger partial charge on any atom is -0.372 e. The van der Waals surface area contributed by atoms with Crippen molar-refractivity contribution in [2.24, 2.45) is 4.99 Å². The fourth-order valence-corrected chi connectivity index (χ4v) is 4.93. The number of benzene rings is 1. The minimum atomic E-state index is 0.890. The number of hydrogen-bond acceptors (Lipinski definition) is 5. The molecule has 0 N–H and O–H groups in total. The summed E-state index contributed by atoms with van der Waals surface area (Å²) in [6.45, 7) is 11.0. The largest absolute Gasteiger partial charge is 0.372 e. The third-order valence-corrected chi connectivity index (χ3v) is 6.66. The molecule has 156 valence electrons. The van der Waals surface area contributed by atoms with Gasteiger partial charge < -0.3 is 14.7 Å². The van der Waals surface area contributed by atoms with Gasteiger partial charge in [0.2, 0.25) is 0 Å². The number of nitrogens with zero attached hydrogens (tertiary/aromatic N) is 4. The number of anilines is 2. The average Bonchev–Trinajstić information content (AvgIpc) is 3.46. The molecule has 2 fully saturated rings. The van der Waals surface area contributed by atoms with E-state index in [-0.39, 0.29) is 0 Å². The van der Waals surface area contributed by atoms with Gasteiger partial charge in [0, 0.05) is 67.7 Å². The summed E-state index contributed by atoms with van der Waals surface area (Å²) >= 11 is 4.88. The molecule has 0 spiro atoms. The topological polar surface area (TPSA) is 22.1 Å². The zero-order valence-electron chi connectivity index (χ0n) is 17.9. The molecule has 29 heavy (non-hydrogen) atoms. The summed E-state index contributed by atoms with van der Waals surface area (Å²) in [5, 5.41) is 0. The average molecular weight is 411 g/mol. The van der Waals surface area contributed by atoms with Crippen molar-refractivity contribution in [2.45, 2.75) is 50.8 Å². The Labute approximate surface area is 181 Å². The van der Waals surface area contributed by atoms with E-state index in [1.165, 1.54) is 55.8 Å². The predicted molar refractivity (Wildman–Crippen MR) is 128 cm³/mol. The summed E-state index contributed by atoms with van der Waals surface area (Å²) in [6.07, 6.45) is 12.8. The van der Waals surface area contributed by atoms with Crippen molar-refractivity contribution in [3.63, 3.8) is 0 Å². The molecule has 0 saturated carbocycles. The third-order valence-electron chi connectivity index (χ3n) is 6.32. The van der Waals surface area contributed by atoms with Gasteiger partial charge in [-0.15, -0.1) is 12.6 Å². The molecule has 0 aromatic heterocycles. The van der Waals surface area contributed by atoms with Crippen LogP contribution in [0.2, 0.25) is 0 Å². The lowest BCUT2D eigenvalue weighted by atomic mass is 10.1. The standard InChI is InChI=1S/C24H34N4S/c1-3-26(4-2)22-17-21(28-15-7-8-16-28)18-23(29)24(22)25-19-9-11-20(12-10-19)27-13-5-6-14-27/h9,11-12,17-18,29H,3-8,10,13-16H2,1-2H3. The van der Waals surface area contributed by atoms with E-state index < -0.39 is 0 Å². The van der Waals surface area contributed by atoms with Crippen LogP contribution in [0.5, 0.6) is 0 Å². The van der Waals surface area contributed by atoms with Crippen LogP contribution in [-0.2, 0) is 0 Å². The maximum atomic E-state index is 5.09. The van der Waals surface area contributed by atoms with Crippen molar-refractivity contribution in [1.82, 2.24) is 4.90 Å². The lowest BCUT2D eigenvalue weighted by molar-refractivity contribution is 0.439. The summed E-state index contributed by atoms with van der Waals surface area (Å²) in [5.41, 5.74) is 5.98. The molecule has 3 aliphatic rings. The molecule has 0 atom stereocenters. The SMILES string of the molecule is CCN(CC)c1cc(N2CCCC2)cc(S)c1N=C1C=CC(N2CCCC2)=CC1. The number of hydrogen-bond donors (Lipinski definition) is 1. The van der Waals surface area contributed by atoms with Crippen LogP contribution in [0, 0.1) is 0 Å². The first-order chi connectivity index (χ1) is 14.2. The summed E-state index contributed by atoms with van der Waals surface area (Å²) in [7, 11) is 0. The summed E-state index contributed by atoms with van der Waals surface area (Å²) < 4.78 is 0. The lowest BCUT2D eigenvalue weighted by Gasteiger charge is -2.27. The van der Waals surface area contributed by atoms with Gasteiger partial charge in [-0.1, -0.05) is 6.08 Å². The van der Waals surface area contributed by atoms with Gasteiger partial charge in [0.15, 0.2) is 0 Å². The Morgan fingerprint density at radius 1 is 0.931 bits per heavy atom. The van der Waals surface area contributed by atoms with E-state index in [4.69, 9.17) is 17.6 Å². The second kappa shape index (κ2) is 9.29. The molecule has 0 radical (unpaired) electrons. The van der Waals surface area contributed by atoms with Crippen LogP contribution in [0.15, 0.2) is 45.9 Å². The highest BCUT2D eigenvalue weighted by molar-refractivity contribution is 7.80. The van der Waals surface area contributed by atoms with Crippen molar-refractivity contribution in [3.8, 4) is 0 Å². The number of likely N-dealkylation sites (tertiary alicyclic amines) is 1. The first-order valence-corrected chi connectivity index (χ1v) is 11.7. The van der Waals surface area contributed by atoms with Crippen molar-refractivity contribution in [2.75, 3.05) is 49.1 Å². The summed E-state index contributed by atoms with van der Waals surface area (Å²) in [5.74, 6) is 0. The molecule has 0 unspecified atom stereocenters. The fourth-order valence-electron chi connectivity index (χ4n) is 4.63. The minimum absolute atomic E-state index is 0.890. The Balaban J connectivity index is 1.63. The van der Waals surface area contributed by atoms with E-state index in [0.717, 1.165) is 48.9 Å². The van der Waals surface area contributed by atoms with Crippen LogP contribution < -0.4 is 9.80 Å². The molecule has 1 aromatic carbocycles. The second-order valence-electron chi connectivity index (χ2n) is 8.16. The maximum Gasteiger partial charge on any atom is 0.100 e. The van der Waals surface area contributed by atoms with Gasteiger partial charge in [0.1, 0.15) is 5.69 Å². The van der Waals surface area contributed by atoms with Gasteiger partial charge in [-0.05, 0) is 63.8 Å². The first kappa shape index (κ1) is 20.4. The number of rotatable bonds is 6. The van der Waals surface area contributed by atoms with Crippen LogP contribution >= 0.6 is 12.6 Å². The van der Waals surface area contributed by atoms with Crippen molar-refractivity contribution < 1.29 is 0 Å². The maximum absolute atomic E-state index is 5.09. The molecule has 2 heterocycles. The number of aliphatic imine (C=N–C) groups is 1. The first-order valence-electron chi connectivity index (χ1n) is 11.3. The Bertz CT molecular complexity index is 810. The Morgan fingerprint density at radius 3 is 2.17 bits per heavy atom. The Morgan fingerprint density at radius 2 is 1.59 bits per heavy atom. The van der Waals surface area contributed by atoms with Gasteiger partial charge in [-0.3, -0.25) is 0 Å². The zero-order chi connectivity index (χ0) is 20.2. The van der Waals surface area contributed by atoms with Crippen LogP contribution in [-0.4, -0.2) is 49.9 Å². The number of allylic oxidation sites excluding steroid dienone is 3. The van der Waals surface area contributed by atoms with E-state index in [1.807, 2.05) is 0 Å². The van der Waals surface area contributed by atoms with Gasteiger partial charge in [0.05, 0.1) is 5.69 Å². The van der Waals surface area contributed by atoms with Gasteiger partial charge >= 0.3 is 0 Å². The quantitative estimate of drug-likeness (QED) is 0.632. The van der Waals surface area contributed by atoms with E-state index >= 15 is 0 Å². The molecular formula is C24H34N4S. The van der Waals surface area contributed by atoms with Gasteiger partial charge in [-0.2, -0.15) is 0 Å². The Kier molecular flexibility index (Phi) is 6.53. The third kappa shape index (κ3) is 4.50. The van der Waals surface area contributed by atoms with Crippen LogP contribution in [0.1, 0.15) is 46.0 Å². The molecule has 4 nitrogen and oxygen atoms in total. The second-order valence-corrected chi connectivity index (χ2v) is 8.64. The van der Waals surface area contributed by atoms with E-state index in [1.54, 1.807) is 0 Å². The van der Waals surface area contributed by atoms with Crippen molar-refractivity contribution >= 4 is 35.4 Å². The Hall–Kier alpha value is -1.88. The highest BCUT2D eigenvalue weighted by Gasteiger charge is 2.20. The molecule has 4 rings (SSSR count). The highest BCUT2D eigenvalue weighted by atomic mass is 32.1. The smallest absolute Gasteiger partial charge is 0.100 e. The molecule has 0 bridgehead atoms. The molecule has 1 aromatic rings. The monoisotopic (exact) mass is 410 g/mol. The van der Waals surface area contributed by atoms with Crippen molar-refractivity contribution in [3.05, 3.63) is 36.1 Å². The molecule has 0 amide bonds. The molecule has 2 aliphatic heterocycles. The van der Waals surface area contributed by atoms with Crippen LogP contribution in [0.4, 0.5) is 17.1 Å². The van der Waals surface area contributed by atoms with E-state index in [0.29, 0.717) is 0 Å². The normalized spacial score (nSPS) is 20.7. The highest BCUT2D eigenvalue weighted by Crippen LogP contribution is 2.40. The number of thiol groups is 1.